The van der Waals surface area contributed by atoms with E-state index in [4.69, 9.17) is 9.26 Å². The molecule has 0 aliphatic carbocycles. The van der Waals surface area contributed by atoms with Crippen LogP contribution in [0.2, 0.25) is 0 Å². The summed E-state index contributed by atoms with van der Waals surface area (Å²) in [4.78, 5) is 20.0. The van der Waals surface area contributed by atoms with Gasteiger partial charge in [0.25, 0.3) is 5.89 Å². The molecule has 2 aromatic carbocycles. The lowest BCUT2D eigenvalue weighted by molar-refractivity contribution is -0.117. The SMILES string of the molecule is COc1cccc(-c2nc(C3CC(=O)N(c4cccc(SC)c4)C3)no2)c1. The molecule has 0 bridgehead atoms. The van der Waals surface area contributed by atoms with Gasteiger partial charge in [0.2, 0.25) is 5.91 Å². The van der Waals surface area contributed by atoms with Gasteiger partial charge in [-0.1, -0.05) is 17.3 Å². The first-order chi connectivity index (χ1) is 13.2. The molecule has 6 nitrogen and oxygen atoms in total. The van der Waals surface area contributed by atoms with Crippen molar-refractivity contribution in [2.75, 3.05) is 24.8 Å². The van der Waals surface area contributed by atoms with Crippen molar-refractivity contribution >= 4 is 23.4 Å². The number of nitrogens with zero attached hydrogens (tertiary/aromatic N) is 3. The van der Waals surface area contributed by atoms with Gasteiger partial charge in [-0.3, -0.25) is 4.79 Å². The topological polar surface area (TPSA) is 68.5 Å². The number of aromatic nitrogens is 2. The fourth-order valence-corrected chi connectivity index (χ4v) is 3.64. The summed E-state index contributed by atoms with van der Waals surface area (Å²) in [5, 5.41) is 4.12. The highest BCUT2D eigenvalue weighted by Crippen LogP contribution is 2.33. The Labute approximate surface area is 161 Å². The van der Waals surface area contributed by atoms with Crippen molar-refractivity contribution in [2.45, 2.75) is 17.2 Å². The highest BCUT2D eigenvalue weighted by molar-refractivity contribution is 7.98. The molecule has 7 heteroatoms. The van der Waals surface area contributed by atoms with E-state index < -0.39 is 0 Å². The number of rotatable bonds is 5. The predicted octanol–water partition coefficient (Wildman–Crippen LogP) is 3.99. The lowest BCUT2D eigenvalue weighted by Crippen LogP contribution is -2.24. The smallest absolute Gasteiger partial charge is 0.258 e. The summed E-state index contributed by atoms with van der Waals surface area (Å²) in [5.74, 6) is 1.71. The molecule has 1 fully saturated rings. The third kappa shape index (κ3) is 3.55. The minimum Gasteiger partial charge on any atom is -0.497 e. The first-order valence-corrected chi connectivity index (χ1v) is 9.83. The van der Waals surface area contributed by atoms with Gasteiger partial charge in [0.05, 0.1) is 7.11 Å². The van der Waals surface area contributed by atoms with Crippen LogP contribution in [0.4, 0.5) is 5.69 Å². The molecule has 0 radical (unpaired) electrons. The normalized spacial score (nSPS) is 16.7. The Balaban J connectivity index is 1.55. The van der Waals surface area contributed by atoms with Crippen LogP contribution < -0.4 is 9.64 Å². The molecular weight excluding hydrogens is 362 g/mol. The molecule has 1 aliphatic rings. The molecule has 0 spiro atoms. The second kappa shape index (κ2) is 7.44. The Morgan fingerprint density at radius 2 is 2.07 bits per heavy atom. The number of carbonyl (C=O) groups is 1. The third-order valence-corrected chi connectivity index (χ3v) is 5.34. The Kier molecular flexibility index (Phi) is 4.85. The fourth-order valence-electron chi connectivity index (χ4n) is 3.18. The van der Waals surface area contributed by atoms with Crippen molar-refractivity contribution in [3.05, 3.63) is 54.4 Å². The van der Waals surface area contributed by atoms with Crippen LogP contribution in [0.1, 0.15) is 18.2 Å². The highest BCUT2D eigenvalue weighted by atomic mass is 32.2. The summed E-state index contributed by atoms with van der Waals surface area (Å²) in [6.45, 7) is 0.549. The zero-order valence-corrected chi connectivity index (χ0v) is 15.9. The van der Waals surface area contributed by atoms with Gasteiger partial charge in [0, 0.05) is 35.0 Å². The molecule has 0 saturated carbocycles. The van der Waals surface area contributed by atoms with Gasteiger partial charge >= 0.3 is 0 Å². The van der Waals surface area contributed by atoms with E-state index >= 15 is 0 Å². The van der Waals surface area contributed by atoms with Gasteiger partial charge in [-0.25, -0.2) is 0 Å². The third-order valence-electron chi connectivity index (χ3n) is 4.61. The number of anilines is 1. The fraction of sp³-hybridized carbons (Fsp3) is 0.250. The average molecular weight is 381 g/mol. The first kappa shape index (κ1) is 17.6. The van der Waals surface area contributed by atoms with Gasteiger partial charge in [0.1, 0.15) is 5.75 Å². The number of hydrogen-bond donors (Lipinski definition) is 0. The number of benzene rings is 2. The van der Waals surface area contributed by atoms with Crippen molar-refractivity contribution in [3.63, 3.8) is 0 Å². The molecule has 4 rings (SSSR count). The molecule has 1 saturated heterocycles. The Bertz CT molecular complexity index is 972. The zero-order valence-electron chi connectivity index (χ0n) is 15.1. The summed E-state index contributed by atoms with van der Waals surface area (Å²) in [6.07, 6.45) is 2.40. The summed E-state index contributed by atoms with van der Waals surface area (Å²) >= 11 is 1.66. The second-order valence-electron chi connectivity index (χ2n) is 6.30. The van der Waals surface area contributed by atoms with Crippen LogP contribution in [-0.4, -0.2) is 36.0 Å². The molecule has 1 amide bonds. The molecule has 3 aromatic rings. The standard InChI is InChI=1S/C20H19N3O3S/c1-25-16-7-3-5-13(9-16)20-21-19(22-26-20)14-10-18(24)23(12-14)15-6-4-8-17(11-15)27-2/h3-9,11,14H,10,12H2,1-2H3. The van der Waals surface area contributed by atoms with Gasteiger partial charge in [-0.2, -0.15) is 4.98 Å². The molecule has 2 heterocycles. The lowest BCUT2D eigenvalue weighted by atomic mass is 10.1. The maximum Gasteiger partial charge on any atom is 0.258 e. The molecular formula is C20H19N3O3S. The van der Waals surface area contributed by atoms with Crippen LogP contribution in [0, 0.1) is 0 Å². The lowest BCUT2D eigenvalue weighted by Gasteiger charge is -2.16. The summed E-state index contributed by atoms with van der Waals surface area (Å²) < 4.78 is 10.7. The summed E-state index contributed by atoms with van der Waals surface area (Å²) in [6, 6.07) is 15.5. The van der Waals surface area contributed by atoms with Crippen LogP contribution >= 0.6 is 11.8 Å². The van der Waals surface area contributed by atoms with Crippen LogP contribution in [0.3, 0.4) is 0 Å². The van der Waals surface area contributed by atoms with E-state index in [1.54, 1.807) is 23.8 Å². The van der Waals surface area contributed by atoms with E-state index in [2.05, 4.69) is 10.1 Å². The molecule has 138 valence electrons. The number of carbonyl (C=O) groups excluding carboxylic acids is 1. The molecule has 1 aromatic heterocycles. The van der Waals surface area contributed by atoms with Gasteiger partial charge in [0.15, 0.2) is 5.82 Å². The maximum atomic E-state index is 12.5. The number of thioether (sulfide) groups is 1. The van der Waals surface area contributed by atoms with Crippen molar-refractivity contribution in [1.82, 2.24) is 10.1 Å². The van der Waals surface area contributed by atoms with E-state index in [0.717, 1.165) is 21.9 Å². The van der Waals surface area contributed by atoms with E-state index in [-0.39, 0.29) is 11.8 Å². The van der Waals surface area contributed by atoms with Crippen molar-refractivity contribution in [1.29, 1.82) is 0 Å². The summed E-state index contributed by atoms with van der Waals surface area (Å²) in [5.41, 5.74) is 1.70. The predicted molar refractivity (Wildman–Crippen MR) is 104 cm³/mol. The minimum atomic E-state index is -0.0847. The number of methoxy groups -OCH3 is 1. The highest BCUT2D eigenvalue weighted by Gasteiger charge is 2.34. The summed E-state index contributed by atoms with van der Waals surface area (Å²) in [7, 11) is 1.61. The Hall–Kier alpha value is -2.80. The number of hydrogen-bond acceptors (Lipinski definition) is 6. The van der Waals surface area contributed by atoms with Crippen LogP contribution in [0.25, 0.3) is 11.5 Å². The van der Waals surface area contributed by atoms with Crippen LogP contribution in [0.5, 0.6) is 5.75 Å². The van der Waals surface area contributed by atoms with E-state index in [1.165, 1.54) is 0 Å². The largest absolute Gasteiger partial charge is 0.497 e. The van der Waals surface area contributed by atoms with E-state index in [9.17, 15) is 4.79 Å². The molecule has 27 heavy (non-hydrogen) atoms. The first-order valence-electron chi connectivity index (χ1n) is 8.60. The Morgan fingerprint density at radius 1 is 1.22 bits per heavy atom. The van der Waals surface area contributed by atoms with E-state index in [1.807, 2.05) is 54.8 Å². The number of amides is 1. The second-order valence-corrected chi connectivity index (χ2v) is 7.18. The van der Waals surface area contributed by atoms with Crippen LogP contribution in [0.15, 0.2) is 57.9 Å². The van der Waals surface area contributed by atoms with Crippen LogP contribution in [-0.2, 0) is 4.79 Å². The maximum absolute atomic E-state index is 12.5. The van der Waals surface area contributed by atoms with E-state index in [0.29, 0.717) is 24.7 Å². The molecule has 1 aliphatic heterocycles. The molecule has 0 N–H and O–H groups in total. The van der Waals surface area contributed by atoms with Crippen molar-refractivity contribution in [2.24, 2.45) is 0 Å². The van der Waals surface area contributed by atoms with Crippen molar-refractivity contribution < 1.29 is 14.1 Å². The van der Waals surface area contributed by atoms with Gasteiger partial charge in [-0.05, 0) is 42.7 Å². The monoisotopic (exact) mass is 381 g/mol. The molecule has 1 unspecified atom stereocenters. The number of ether oxygens (including phenoxy) is 1. The average Bonchev–Trinajstić information content (AvgIpc) is 3.35. The van der Waals surface area contributed by atoms with Gasteiger partial charge in [-0.15, -0.1) is 11.8 Å². The van der Waals surface area contributed by atoms with Gasteiger partial charge < -0.3 is 14.2 Å². The van der Waals surface area contributed by atoms with Crippen molar-refractivity contribution in [3.8, 4) is 17.2 Å². The quantitative estimate of drug-likeness (QED) is 0.623. The minimum absolute atomic E-state index is 0.0750. The molecule has 1 atom stereocenters. The zero-order chi connectivity index (χ0) is 18.8. The Morgan fingerprint density at radius 3 is 2.89 bits per heavy atom.